The Bertz CT molecular complexity index is 401. The molecule has 3 amide bonds. The Morgan fingerprint density at radius 1 is 1.50 bits per heavy atom. The lowest BCUT2D eigenvalue weighted by atomic mass is 9.95. The van der Waals surface area contributed by atoms with Crippen molar-refractivity contribution in [2.24, 2.45) is 5.73 Å². The summed E-state index contributed by atoms with van der Waals surface area (Å²) in [7, 11) is 1.58. The number of nitrogens with two attached hydrogens (primary N) is 1. The van der Waals surface area contributed by atoms with Crippen LogP contribution in [0.25, 0.3) is 0 Å². The first-order chi connectivity index (χ1) is 9.27. The van der Waals surface area contributed by atoms with E-state index in [-0.39, 0.29) is 0 Å². The van der Waals surface area contributed by atoms with Crippen LogP contribution in [-0.4, -0.2) is 59.8 Å². The predicted molar refractivity (Wildman–Crippen MR) is 70.0 cm³/mol. The van der Waals surface area contributed by atoms with E-state index < -0.39 is 36.0 Å². The van der Waals surface area contributed by atoms with Gasteiger partial charge in [-0.2, -0.15) is 0 Å². The minimum Gasteiger partial charge on any atom is -0.480 e. The molecule has 1 fully saturated rings. The zero-order valence-corrected chi connectivity index (χ0v) is 11.7. The fraction of sp³-hybridized carbons (Fsp3) is 0.750. The van der Waals surface area contributed by atoms with Gasteiger partial charge < -0.3 is 25.8 Å². The summed E-state index contributed by atoms with van der Waals surface area (Å²) in [5.41, 5.74) is 4.53. The van der Waals surface area contributed by atoms with Gasteiger partial charge >= 0.3 is 12.0 Å². The molecule has 8 heteroatoms. The molecule has 0 spiro atoms. The van der Waals surface area contributed by atoms with Crippen molar-refractivity contribution in [1.82, 2.24) is 10.2 Å². The Kier molecular flexibility index (Phi) is 5.32. The number of aliphatic carboxylic acids is 1. The van der Waals surface area contributed by atoms with E-state index in [2.05, 4.69) is 5.32 Å². The highest BCUT2D eigenvalue weighted by Crippen LogP contribution is 2.23. The summed E-state index contributed by atoms with van der Waals surface area (Å²) in [4.78, 5) is 35.3. The number of nitrogens with zero attached hydrogens (tertiary/aromatic N) is 1. The average molecular weight is 287 g/mol. The molecule has 0 radical (unpaired) electrons. The van der Waals surface area contributed by atoms with Crippen LogP contribution in [0.4, 0.5) is 4.79 Å². The number of carboxylic acid groups (broad SMARTS) is 1. The fourth-order valence-electron chi connectivity index (χ4n) is 2.19. The number of rotatable bonds is 5. The summed E-state index contributed by atoms with van der Waals surface area (Å²) in [6.45, 7) is 2.79. The highest BCUT2D eigenvalue weighted by molar-refractivity contribution is 5.87. The number of carbonyl (C=O) groups is 3. The van der Waals surface area contributed by atoms with Gasteiger partial charge in [-0.15, -0.1) is 0 Å². The van der Waals surface area contributed by atoms with Crippen molar-refractivity contribution in [3.8, 4) is 0 Å². The lowest BCUT2D eigenvalue weighted by Crippen LogP contribution is -2.55. The van der Waals surface area contributed by atoms with Crippen LogP contribution in [-0.2, 0) is 14.3 Å². The van der Waals surface area contributed by atoms with Crippen molar-refractivity contribution in [1.29, 1.82) is 0 Å². The van der Waals surface area contributed by atoms with Crippen molar-refractivity contribution in [2.75, 3.05) is 20.2 Å². The monoisotopic (exact) mass is 287 g/mol. The van der Waals surface area contributed by atoms with Gasteiger partial charge in [-0.3, -0.25) is 4.79 Å². The van der Waals surface area contributed by atoms with Gasteiger partial charge in [-0.25, -0.2) is 9.59 Å². The molecule has 2 atom stereocenters. The van der Waals surface area contributed by atoms with Gasteiger partial charge in [-0.1, -0.05) is 0 Å². The Hall–Kier alpha value is -1.83. The average Bonchev–Trinajstić information content (AvgIpc) is 2.37. The lowest BCUT2D eigenvalue weighted by Gasteiger charge is -2.39. The molecule has 8 nitrogen and oxygen atoms in total. The Morgan fingerprint density at radius 3 is 2.65 bits per heavy atom. The summed E-state index contributed by atoms with van der Waals surface area (Å²) >= 11 is 0. The molecule has 114 valence electrons. The van der Waals surface area contributed by atoms with E-state index in [9.17, 15) is 14.4 Å². The third kappa shape index (κ3) is 4.37. The molecule has 4 N–H and O–H groups in total. The summed E-state index contributed by atoms with van der Waals surface area (Å²) in [5.74, 6) is -2.07. The number of primary amides is 1. The number of amides is 3. The van der Waals surface area contributed by atoms with Gasteiger partial charge in [0.15, 0.2) is 0 Å². The van der Waals surface area contributed by atoms with Crippen LogP contribution < -0.4 is 11.1 Å². The summed E-state index contributed by atoms with van der Waals surface area (Å²) in [6, 6.07) is -1.84. The number of carboxylic acids is 1. The molecule has 20 heavy (non-hydrogen) atoms. The van der Waals surface area contributed by atoms with Crippen LogP contribution in [0.5, 0.6) is 0 Å². The normalized spacial score (nSPS) is 24.0. The lowest BCUT2D eigenvalue weighted by molar-refractivity contribution is -0.141. The van der Waals surface area contributed by atoms with E-state index in [1.807, 2.05) is 6.92 Å². The van der Waals surface area contributed by atoms with Crippen LogP contribution >= 0.6 is 0 Å². The molecule has 0 aromatic heterocycles. The van der Waals surface area contributed by atoms with Gasteiger partial charge in [0, 0.05) is 13.7 Å². The van der Waals surface area contributed by atoms with Crippen LogP contribution in [0.15, 0.2) is 0 Å². The highest BCUT2D eigenvalue weighted by atomic mass is 16.5. The second-order valence-corrected chi connectivity index (χ2v) is 5.19. The number of carbonyl (C=O) groups excluding carboxylic acids is 2. The maximum Gasteiger partial charge on any atom is 0.326 e. The van der Waals surface area contributed by atoms with Crippen LogP contribution in [0.1, 0.15) is 26.2 Å². The molecule has 1 rings (SSSR count). The third-order valence-corrected chi connectivity index (χ3v) is 3.44. The van der Waals surface area contributed by atoms with Crippen LogP contribution in [0.3, 0.4) is 0 Å². The molecule has 0 aliphatic carbocycles. The third-order valence-electron chi connectivity index (χ3n) is 3.44. The Morgan fingerprint density at radius 2 is 2.15 bits per heavy atom. The number of hydrogen-bond acceptors (Lipinski definition) is 4. The topological polar surface area (TPSA) is 122 Å². The van der Waals surface area contributed by atoms with Crippen molar-refractivity contribution in [2.45, 2.75) is 37.8 Å². The van der Waals surface area contributed by atoms with E-state index in [4.69, 9.17) is 15.6 Å². The van der Waals surface area contributed by atoms with Crippen LogP contribution in [0, 0.1) is 0 Å². The Labute approximate surface area is 117 Å². The minimum absolute atomic E-state index is 0.373. The van der Waals surface area contributed by atoms with E-state index in [0.29, 0.717) is 13.1 Å². The molecule has 1 aliphatic rings. The van der Waals surface area contributed by atoms with Gasteiger partial charge in [0.2, 0.25) is 5.91 Å². The van der Waals surface area contributed by atoms with E-state index >= 15 is 0 Å². The molecule has 1 aliphatic heterocycles. The van der Waals surface area contributed by atoms with Crippen molar-refractivity contribution in [3.63, 3.8) is 0 Å². The number of hydrogen-bond donors (Lipinski definition) is 3. The standard InChI is InChI=1S/C12H21N3O5/c1-12(20-2)4-3-5-15(7-12)11(19)14-8(10(17)18)6-9(13)16/h8H,3-7H2,1-2H3,(H2,13,16)(H,14,19)(H,17,18)/t8-,12?/m1/s1. The SMILES string of the molecule is COC1(C)CCCN(C(=O)N[C@H](CC(N)=O)C(=O)O)C1. The van der Waals surface area contributed by atoms with Gasteiger partial charge in [0.05, 0.1) is 18.6 Å². The highest BCUT2D eigenvalue weighted by Gasteiger charge is 2.34. The van der Waals surface area contributed by atoms with E-state index in [1.165, 1.54) is 4.90 Å². The van der Waals surface area contributed by atoms with Crippen LogP contribution in [0.2, 0.25) is 0 Å². The number of likely N-dealkylation sites (tertiary alicyclic amines) is 1. The van der Waals surface area contributed by atoms with Crippen molar-refractivity contribution >= 4 is 17.9 Å². The number of urea groups is 1. The fourth-order valence-corrected chi connectivity index (χ4v) is 2.19. The number of piperidine rings is 1. The first-order valence-electron chi connectivity index (χ1n) is 6.39. The first-order valence-corrected chi connectivity index (χ1v) is 6.39. The maximum absolute atomic E-state index is 12.0. The molecule has 1 unspecified atom stereocenters. The molecule has 1 heterocycles. The molecule has 0 saturated carbocycles. The number of ether oxygens (including phenoxy) is 1. The summed E-state index contributed by atoms with van der Waals surface area (Å²) in [5, 5.41) is 11.3. The smallest absolute Gasteiger partial charge is 0.326 e. The molecule has 1 saturated heterocycles. The molecule has 0 aromatic carbocycles. The molecular weight excluding hydrogens is 266 g/mol. The molecule has 0 aromatic rings. The zero-order valence-electron chi connectivity index (χ0n) is 11.7. The van der Waals surface area contributed by atoms with Crippen molar-refractivity contribution < 1.29 is 24.2 Å². The minimum atomic E-state index is -1.31. The largest absolute Gasteiger partial charge is 0.480 e. The van der Waals surface area contributed by atoms with Crippen molar-refractivity contribution in [3.05, 3.63) is 0 Å². The molecule has 0 bridgehead atoms. The van der Waals surface area contributed by atoms with E-state index in [1.54, 1.807) is 7.11 Å². The second kappa shape index (κ2) is 6.56. The summed E-state index contributed by atoms with van der Waals surface area (Å²) < 4.78 is 5.36. The number of nitrogens with one attached hydrogen (secondary N) is 1. The van der Waals surface area contributed by atoms with Gasteiger partial charge in [-0.05, 0) is 19.8 Å². The van der Waals surface area contributed by atoms with Gasteiger partial charge in [0.25, 0.3) is 0 Å². The van der Waals surface area contributed by atoms with Gasteiger partial charge in [0.1, 0.15) is 6.04 Å². The quantitative estimate of drug-likeness (QED) is 0.630. The number of methoxy groups -OCH3 is 1. The Balaban J connectivity index is 2.64. The zero-order chi connectivity index (χ0) is 15.3. The summed E-state index contributed by atoms with van der Waals surface area (Å²) in [6.07, 6.45) is 1.17. The molecular formula is C12H21N3O5. The predicted octanol–water partition coefficient (Wildman–Crippen LogP) is -0.474. The van der Waals surface area contributed by atoms with E-state index in [0.717, 1.165) is 12.8 Å². The first kappa shape index (κ1) is 16.2. The second-order valence-electron chi connectivity index (χ2n) is 5.19. The maximum atomic E-state index is 12.0.